The van der Waals surface area contributed by atoms with Crippen LogP contribution in [0.2, 0.25) is 0 Å². The van der Waals surface area contributed by atoms with Crippen molar-refractivity contribution in [1.29, 1.82) is 0 Å². The smallest absolute Gasteiger partial charge is 0.269 e. The normalized spacial score (nSPS) is 8.92. The minimum atomic E-state index is -0.438. The molecule has 5 heteroatoms. The summed E-state index contributed by atoms with van der Waals surface area (Å²) >= 11 is 0. The highest BCUT2D eigenvalue weighted by atomic mass is 16.3. The van der Waals surface area contributed by atoms with Crippen molar-refractivity contribution in [2.75, 3.05) is 0 Å². The van der Waals surface area contributed by atoms with Crippen LogP contribution in [0.1, 0.15) is 10.4 Å². The number of hydrogen-bond donors (Lipinski definition) is 3. The molecule has 0 unspecified atom stereocenters. The molecule has 1 aromatic rings. The van der Waals surface area contributed by atoms with Crippen LogP contribution in [-0.2, 0) is 4.79 Å². The van der Waals surface area contributed by atoms with Crippen LogP contribution in [0.5, 0.6) is 5.75 Å². The average molecular weight is 180 g/mol. The average Bonchev–Trinajstić information content (AvgIpc) is 2.15. The number of rotatable bonds is 3. The van der Waals surface area contributed by atoms with Crippen LogP contribution in [0.15, 0.2) is 24.3 Å². The highest BCUT2D eigenvalue weighted by Gasteiger charge is 2.02. The number of aromatic hydroxyl groups is 1. The molecule has 1 aromatic carbocycles. The molecule has 0 atom stereocenters. The number of amides is 2. The van der Waals surface area contributed by atoms with Gasteiger partial charge in [0.05, 0.1) is 0 Å². The topological polar surface area (TPSA) is 78.4 Å². The third-order valence-electron chi connectivity index (χ3n) is 1.37. The number of phenolic OH excluding ortho intramolecular Hbond substituents is 1. The Morgan fingerprint density at radius 2 is 1.92 bits per heavy atom. The number of benzene rings is 1. The molecule has 0 saturated heterocycles. The minimum absolute atomic E-state index is 0.0832. The molecule has 0 bridgehead atoms. The number of hydrazine groups is 1. The zero-order chi connectivity index (χ0) is 9.68. The first-order valence-corrected chi connectivity index (χ1v) is 3.52. The first kappa shape index (κ1) is 9.05. The maximum absolute atomic E-state index is 11.1. The molecular formula is C8H8N2O3. The first-order valence-electron chi connectivity index (χ1n) is 3.52. The Kier molecular flexibility index (Phi) is 2.86. The van der Waals surface area contributed by atoms with E-state index >= 15 is 0 Å². The Bertz CT molecular complexity index is 308. The molecule has 0 aliphatic rings. The third kappa shape index (κ3) is 2.48. The molecule has 0 heterocycles. The van der Waals surface area contributed by atoms with Crippen LogP contribution < -0.4 is 10.9 Å². The standard InChI is InChI=1S/C8H8N2O3/c11-5-9-10-8(13)6-1-3-7(12)4-2-6/h1-5,12H,(H,9,11)(H,10,13). The van der Waals surface area contributed by atoms with Gasteiger partial charge < -0.3 is 5.11 Å². The van der Waals surface area contributed by atoms with E-state index in [0.29, 0.717) is 12.0 Å². The molecule has 0 saturated carbocycles. The van der Waals surface area contributed by atoms with Crippen molar-refractivity contribution >= 4 is 12.3 Å². The SMILES string of the molecule is O=CNNC(=O)c1ccc(O)cc1. The second-order valence-corrected chi connectivity index (χ2v) is 2.26. The monoisotopic (exact) mass is 180 g/mol. The van der Waals surface area contributed by atoms with Crippen molar-refractivity contribution in [3.63, 3.8) is 0 Å². The summed E-state index contributed by atoms with van der Waals surface area (Å²) in [5.74, 6) is -0.355. The van der Waals surface area contributed by atoms with Crippen molar-refractivity contribution in [3.05, 3.63) is 29.8 Å². The minimum Gasteiger partial charge on any atom is -0.508 e. The quantitative estimate of drug-likeness (QED) is 0.444. The summed E-state index contributed by atoms with van der Waals surface area (Å²) in [6, 6.07) is 5.65. The van der Waals surface area contributed by atoms with Gasteiger partial charge >= 0.3 is 0 Å². The van der Waals surface area contributed by atoms with Crippen LogP contribution in [0.3, 0.4) is 0 Å². The van der Waals surface area contributed by atoms with Gasteiger partial charge in [-0.25, -0.2) is 0 Å². The summed E-state index contributed by atoms with van der Waals surface area (Å²) in [6.07, 6.45) is 0.359. The maximum atomic E-state index is 11.1. The molecule has 0 aromatic heterocycles. The number of nitrogens with one attached hydrogen (secondary N) is 2. The Morgan fingerprint density at radius 3 is 2.46 bits per heavy atom. The lowest BCUT2D eigenvalue weighted by atomic mass is 10.2. The van der Waals surface area contributed by atoms with E-state index in [4.69, 9.17) is 5.11 Å². The molecule has 13 heavy (non-hydrogen) atoms. The summed E-state index contributed by atoms with van der Waals surface area (Å²) in [5.41, 5.74) is 4.50. The van der Waals surface area contributed by atoms with Gasteiger partial charge in [-0.05, 0) is 24.3 Å². The summed E-state index contributed by atoms with van der Waals surface area (Å²) < 4.78 is 0. The summed E-state index contributed by atoms with van der Waals surface area (Å²) in [4.78, 5) is 20.9. The molecule has 3 N–H and O–H groups in total. The molecule has 0 fully saturated rings. The van der Waals surface area contributed by atoms with Gasteiger partial charge in [-0.15, -0.1) is 0 Å². The summed E-state index contributed by atoms with van der Waals surface area (Å²) in [6.45, 7) is 0. The molecule has 0 radical (unpaired) electrons. The Balaban J connectivity index is 2.66. The van der Waals surface area contributed by atoms with Crippen molar-refractivity contribution in [2.45, 2.75) is 0 Å². The van der Waals surface area contributed by atoms with Gasteiger partial charge in [-0.1, -0.05) is 0 Å². The second-order valence-electron chi connectivity index (χ2n) is 2.26. The highest BCUT2D eigenvalue weighted by molar-refractivity contribution is 5.94. The summed E-state index contributed by atoms with van der Waals surface area (Å²) in [5, 5.41) is 8.91. The van der Waals surface area contributed by atoms with E-state index in [9.17, 15) is 9.59 Å². The van der Waals surface area contributed by atoms with E-state index in [-0.39, 0.29) is 5.75 Å². The van der Waals surface area contributed by atoms with Gasteiger partial charge in [-0.2, -0.15) is 0 Å². The van der Waals surface area contributed by atoms with E-state index < -0.39 is 5.91 Å². The van der Waals surface area contributed by atoms with Gasteiger partial charge in [0, 0.05) is 5.56 Å². The highest BCUT2D eigenvalue weighted by Crippen LogP contribution is 2.08. The number of phenols is 1. The van der Waals surface area contributed by atoms with Crippen LogP contribution >= 0.6 is 0 Å². The van der Waals surface area contributed by atoms with E-state index in [2.05, 4.69) is 5.43 Å². The molecule has 0 aliphatic heterocycles. The van der Waals surface area contributed by atoms with Crippen molar-refractivity contribution in [3.8, 4) is 5.75 Å². The van der Waals surface area contributed by atoms with E-state index in [1.807, 2.05) is 5.43 Å². The van der Waals surface area contributed by atoms with Gasteiger partial charge in [0.1, 0.15) is 5.75 Å². The van der Waals surface area contributed by atoms with Gasteiger partial charge in [0.2, 0.25) is 6.41 Å². The molecular weight excluding hydrogens is 172 g/mol. The Labute approximate surface area is 74.3 Å². The fourth-order valence-corrected chi connectivity index (χ4v) is 0.780. The molecule has 5 nitrogen and oxygen atoms in total. The third-order valence-corrected chi connectivity index (χ3v) is 1.37. The van der Waals surface area contributed by atoms with Gasteiger partial charge in [0.15, 0.2) is 0 Å². The van der Waals surface area contributed by atoms with E-state index in [0.717, 1.165) is 0 Å². The summed E-state index contributed by atoms with van der Waals surface area (Å²) in [7, 11) is 0. The maximum Gasteiger partial charge on any atom is 0.269 e. The zero-order valence-corrected chi connectivity index (χ0v) is 6.65. The van der Waals surface area contributed by atoms with Crippen molar-refractivity contribution in [2.24, 2.45) is 0 Å². The molecule has 0 aliphatic carbocycles. The van der Waals surface area contributed by atoms with E-state index in [1.54, 1.807) is 0 Å². The molecule has 68 valence electrons. The number of carbonyl (C=O) groups is 2. The van der Waals surface area contributed by atoms with Gasteiger partial charge in [0.25, 0.3) is 5.91 Å². The fourth-order valence-electron chi connectivity index (χ4n) is 0.780. The van der Waals surface area contributed by atoms with E-state index in [1.165, 1.54) is 24.3 Å². The second kappa shape index (κ2) is 4.10. The Hall–Kier alpha value is -2.04. The molecule has 1 rings (SSSR count). The predicted molar refractivity (Wildman–Crippen MR) is 44.8 cm³/mol. The van der Waals surface area contributed by atoms with Crippen molar-refractivity contribution < 1.29 is 14.7 Å². The van der Waals surface area contributed by atoms with Crippen LogP contribution in [0, 0.1) is 0 Å². The first-order chi connectivity index (χ1) is 6.24. The zero-order valence-electron chi connectivity index (χ0n) is 6.65. The van der Waals surface area contributed by atoms with Crippen molar-refractivity contribution in [1.82, 2.24) is 10.9 Å². The lowest BCUT2D eigenvalue weighted by Gasteiger charge is -2.01. The molecule has 0 spiro atoms. The lowest BCUT2D eigenvalue weighted by molar-refractivity contribution is -0.110. The largest absolute Gasteiger partial charge is 0.508 e. The van der Waals surface area contributed by atoms with Crippen LogP contribution in [-0.4, -0.2) is 17.4 Å². The Morgan fingerprint density at radius 1 is 1.31 bits per heavy atom. The van der Waals surface area contributed by atoms with Crippen LogP contribution in [0.4, 0.5) is 0 Å². The van der Waals surface area contributed by atoms with Gasteiger partial charge in [-0.3, -0.25) is 20.4 Å². The fraction of sp³-hybridized carbons (Fsp3) is 0. The lowest BCUT2D eigenvalue weighted by Crippen LogP contribution is -2.36. The number of carbonyl (C=O) groups excluding carboxylic acids is 2. The predicted octanol–water partition coefficient (Wildman–Crippen LogP) is -0.217. The molecule has 2 amide bonds. The number of hydrogen-bond acceptors (Lipinski definition) is 3. The van der Waals surface area contributed by atoms with Crippen LogP contribution in [0.25, 0.3) is 0 Å².